The molecule has 18 heavy (non-hydrogen) atoms. The Balaban J connectivity index is 2.86. The van der Waals surface area contributed by atoms with Crippen molar-refractivity contribution in [2.75, 3.05) is 7.05 Å². The number of hydrogen-bond donors (Lipinski definition) is 1. The summed E-state index contributed by atoms with van der Waals surface area (Å²) in [5.74, 6) is 0. The van der Waals surface area contributed by atoms with Crippen molar-refractivity contribution in [3.63, 3.8) is 0 Å². The molecule has 0 aromatic heterocycles. The number of nitrogens with two attached hydrogens (primary N) is 1. The molecule has 1 rings (SSSR count). The van der Waals surface area contributed by atoms with Crippen molar-refractivity contribution in [3.8, 4) is 0 Å². The molecule has 2 N–H and O–H groups in total. The third-order valence-electron chi connectivity index (χ3n) is 3.24. The summed E-state index contributed by atoms with van der Waals surface area (Å²) >= 11 is 6.21. The van der Waals surface area contributed by atoms with Crippen molar-refractivity contribution in [2.24, 2.45) is 11.1 Å². The molecule has 3 heteroatoms. The molecule has 1 aromatic rings. The molecular weight excluding hydrogens is 244 g/mol. The molecule has 0 radical (unpaired) electrons. The molecule has 0 saturated carbocycles. The second kappa shape index (κ2) is 6.05. The zero-order chi connectivity index (χ0) is 13.9. The summed E-state index contributed by atoms with van der Waals surface area (Å²) in [6.45, 7) is 9.57. The predicted octanol–water partition coefficient (Wildman–Crippen LogP) is 3.53. The van der Waals surface area contributed by atoms with Crippen LogP contribution in [0.4, 0.5) is 0 Å². The average Bonchev–Trinajstić information content (AvgIpc) is 2.18. The van der Waals surface area contributed by atoms with Gasteiger partial charge in [0.1, 0.15) is 0 Å². The van der Waals surface area contributed by atoms with Gasteiger partial charge in [0, 0.05) is 23.7 Å². The summed E-state index contributed by atoms with van der Waals surface area (Å²) < 4.78 is 0. The van der Waals surface area contributed by atoms with Crippen LogP contribution in [-0.2, 0) is 6.54 Å². The number of hydrogen-bond acceptors (Lipinski definition) is 2. The summed E-state index contributed by atoms with van der Waals surface area (Å²) in [7, 11) is 2.11. The van der Waals surface area contributed by atoms with Gasteiger partial charge in [-0.3, -0.25) is 4.90 Å². The van der Waals surface area contributed by atoms with Crippen molar-refractivity contribution in [1.82, 2.24) is 4.90 Å². The Morgan fingerprint density at radius 2 is 1.83 bits per heavy atom. The lowest BCUT2D eigenvalue weighted by atomic mass is 9.82. The van der Waals surface area contributed by atoms with Crippen LogP contribution in [0.15, 0.2) is 24.3 Å². The summed E-state index contributed by atoms with van der Waals surface area (Å²) in [5.41, 5.74) is 7.43. The topological polar surface area (TPSA) is 29.3 Å². The first-order chi connectivity index (χ1) is 8.23. The SMILES string of the molecule is CC(N)C(N(C)Cc1ccccc1Cl)C(C)(C)C. The van der Waals surface area contributed by atoms with Crippen molar-refractivity contribution in [1.29, 1.82) is 0 Å². The molecule has 0 amide bonds. The van der Waals surface area contributed by atoms with E-state index < -0.39 is 0 Å². The van der Waals surface area contributed by atoms with Crippen LogP contribution in [0.1, 0.15) is 33.3 Å². The van der Waals surface area contributed by atoms with Gasteiger partial charge >= 0.3 is 0 Å². The fourth-order valence-electron chi connectivity index (χ4n) is 2.84. The van der Waals surface area contributed by atoms with Crippen LogP contribution in [0, 0.1) is 5.41 Å². The molecule has 0 spiro atoms. The molecule has 0 heterocycles. The van der Waals surface area contributed by atoms with Gasteiger partial charge in [-0.2, -0.15) is 0 Å². The van der Waals surface area contributed by atoms with E-state index in [0.717, 1.165) is 17.1 Å². The van der Waals surface area contributed by atoms with Crippen LogP contribution >= 0.6 is 11.6 Å². The molecule has 2 nitrogen and oxygen atoms in total. The first-order valence-corrected chi connectivity index (χ1v) is 6.80. The average molecular weight is 269 g/mol. The Labute approximate surface area is 116 Å². The van der Waals surface area contributed by atoms with Crippen LogP contribution in [-0.4, -0.2) is 24.0 Å². The minimum Gasteiger partial charge on any atom is -0.327 e. The maximum atomic E-state index is 6.21. The van der Waals surface area contributed by atoms with E-state index in [1.807, 2.05) is 18.2 Å². The molecule has 0 aliphatic rings. The fraction of sp³-hybridized carbons (Fsp3) is 0.600. The number of nitrogens with zero attached hydrogens (tertiary/aromatic N) is 1. The van der Waals surface area contributed by atoms with E-state index in [1.165, 1.54) is 0 Å². The Kier molecular flexibility index (Phi) is 5.20. The zero-order valence-corrected chi connectivity index (χ0v) is 12.8. The zero-order valence-electron chi connectivity index (χ0n) is 12.1. The van der Waals surface area contributed by atoms with E-state index in [1.54, 1.807) is 0 Å². The second-order valence-corrected chi connectivity index (χ2v) is 6.58. The minimum atomic E-state index is 0.123. The second-order valence-electron chi connectivity index (χ2n) is 6.18. The summed E-state index contributed by atoms with van der Waals surface area (Å²) in [6.07, 6.45) is 0. The Morgan fingerprint density at radius 3 is 2.28 bits per heavy atom. The van der Waals surface area contributed by atoms with Gasteiger partial charge in [0.2, 0.25) is 0 Å². The molecule has 2 atom stereocenters. The fourth-order valence-corrected chi connectivity index (χ4v) is 3.04. The van der Waals surface area contributed by atoms with Crippen LogP contribution in [0.2, 0.25) is 5.02 Å². The van der Waals surface area contributed by atoms with Crippen molar-refractivity contribution in [3.05, 3.63) is 34.9 Å². The van der Waals surface area contributed by atoms with Gasteiger partial charge in [-0.15, -0.1) is 0 Å². The van der Waals surface area contributed by atoms with Crippen LogP contribution in [0.5, 0.6) is 0 Å². The molecule has 0 aliphatic carbocycles. The molecule has 0 bridgehead atoms. The van der Waals surface area contributed by atoms with Crippen molar-refractivity contribution in [2.45, 2.75) is 46.3 Å². The highest BCUT2D eigenvalue weighted by Crippen LogP contribution is 2.27. The van der Waals surface area contributed by atoms with Gasteiger partial charge in [0.25, 0.3) is 0 Å². The highest BCUT2D eigenvalue weighted by Gasteiger charge is 2.31. The lowest BCUT2D eigenvalue weighted by molar-refractivity contribution is 0.100. The molecule has 2 unspecified atom stereocenters. The van der Waals surface area contributed by atoms with E-state index in [-0.39, 0.29) is 11.5 Å². The van der Waals surface area contributed by atoms with Crippen LogP contribution in [0.25, 0.3) is 0 Å². The van der Waals surface area contributed by atoms with E-state index in [4.69, 9.17) is 17.3 Å². The maximum Gasteiger partial charge on any atom is 0.0451 e. The monoisotopic (exact) mass is 268 g/mol. The van der Waals surface area contributed by atoms with E-state index in [2.05, 4.69) is 45.7 Å². The normalized spacial score (nSPS) is 15.8. The highest BCUT2D eigenvalue weighted by molar-refractivity contribution is 6.31. The molecule has 0 aliphatic heterocycles. The van der Waals surface area contributed by atoms with Gasteiger partial charge in [-0.1, -0.05) is 50.6 Å². The molecule has 0 saturated heterocycles. The smallest absolute Gasteiger partial charge is 0.0451 e. The number of rotatable bonds is 4. The highest BCUT2D eigenvalue weighted by atomic mass is 35.5. The Bertz CT molecular complexity index is 382. The summed E-state index contributed by atoms with van der Waals surface area (Å²) in [6, 6.07) is 8.42. The van der Waals surface area contributed by atoms with Crippen LogP contribution in [0.3, 0.4) is 0 Å². The first kappa shape index (κ1) is 15.5. The van der Waals surface area contributed by atoms with Gasteiger partial charge in [0.05, 0.1) is 0 Å². The van der Waals surface area contributed by atoms with E-state index >= 15 is 0 Å². The lowest BCUT2D eigenvalue weighted by Crippen LogP contribution is -2.51. The molecule has 102 valence electrons. The standard InChI is InChI=1S/C15H25ClN2/c1-11(17)14(15(2,3)4)18(5)10-12-8-6-7-9-13(12)16/h6-9,11,14H,10,17H2,1-5H3. The van der Waals surface area contributed by atoms with Crippen molar-refractivity contribution >= 4 is 11.6 Å². The maximum absolute atomic E-state index is 6.21. The van der Waals surface area contributed by atoms with Crippen molar-refractivity contribution < 1.29 is 0 Å². The molecular formula is C15H25ClN2. The van der Waals surface area contributed by atoms with Crippen LogP contribution < -0.4 is 5.73 Å². The van der Waals surface area contributed by atoms with Gasteiger partial charge < -0.3 is 5.73 Å². The number of benzene rings is 1. The Morgan fingerprint density at radius 1 is 1.28 bits per heavy atom. The van der Waals surface area contributed by atoms with E-state index in [9.17, 15) is 0 Å². The third-order valence-corrected chi connectivity index (χ3v) is 3.61. The summed E-state index contributed by atoms with van der Waals surface area (Å²) in [4.78, 5) is 2.30. The molecule has 0 fully saturated rings. The summed E-state index contributed by atoms with van der Waals surface area (Å²) in [5, 5.41) is 0.821. The van der Waals surface area contributed by atoms with Gasteiger partial charge in [0.15, 0.2) is 0 Å². The predicted molar refractivity (Wildman–Crippen MR) is 79.8 cm³/mol. The quantitative estimate of drug-likeness (QED) is 0.905. The van der Waals surface area contributed by atoms with E-state index in [0.29, 0.717) is 6.04 Å². The minimum absolute atomic E-state index is 0.123. The largest absolute Gasteiger partial charge is 0.327 e. The van der Waals surface area contributed by atoms with Gasteiger partial charge in [-0.25, -0.2) is 0 Å². The number of likely N-dealkylation sites (N-methyl/N-ethyl adjacent to an activating group) is 1. The third kappa shape index (κ3) is 3.98. The Hall–Kier alpha value is -0.570. The van der Waals surface area contributed by atoms with Gasteiger partial charge in [-0.05, 0) is 31.0 Å². The first-order valence-electron chi connectivity index (χ1n) is 6.42. The molecule has 1 aromatic carbocycles. The lowest BCUT2D eigenvalue weighted by Gasteiger charge is -2.40. The number of halogens is 1.